The number of hydrogen-bond donors (Lipinski definition) is 2. The zero-order chi connectivity index (χ0) is 17.8. The number of aliphatic imine (C=N–C) groups is 1. The first-order valence-electron chi connectivity index (χ1n) is 7.68. The van der Waals surface area contributed by atoms with E-state index in [0.29, 0.717) is 5.17 Å². The first kappa shape index (κ1) is 17.2. The van der Waals surface area contributed by atoms with Crippen molar-refractivity contribution >= 4 is 40.1 Å². The van der Waals surface area contributed by atoms with E-state index in [9.17, 15) is 14.0 Å². The molecule has 2 amide bonds. The minimum atomic E-state index is -0.587. The maximum absolute atomic E-state index is 13.6. The maximum Gasteiger partial charge on any atom is 0.240 e. The number of hydrogen-bond acceptors (Lipinski definition) is 4. The molecule has 1 aliphatic heterocycles. The molecule has 0 aliphatic carbocycles. The molecule has 1 fully saturated rings. The summed E-state index contributed by atoms with van der Waals surface area (Å²) in [5, 5.41) is 5.02. The zero-order valence-electron chi connectivity index (χ0n) is 13.5. The fourth-order valence-corrected chi connectivity index (χ4v) is 3.25. The smallest absolute Gasteiger partial charge is 0.240 e. The Hall–Kier alpha value is -2.67. The average Bonchev–Trinajstić information content (AvgIpc) is 2.91. The van der Waals surface area contributed by atoms with Crippen molar-refractivity contribution in [1.29, 1.82) is 0 Å². The van der Waals surface area contributed by atoms with Gasteiger partial charge in [0, 0.05) is 6.42 Å². The summed E-state index contributed by atoms with van der Waals surface area (Å²) in [6, 6.07) is 13.5. The number of nitrogens with one attached hydrogen (secondary N) is 2. The average molecular weight is 357 g/mol. The van der Waals surface area contributed by atoms with Gasteiger partial charge >= 0.3 is 0 Å². The first-order valence-corrected chi connectivity index (χ1v) is 8.56. The van der Waals surface area contributed by atoms with Gasteiger partial charge in [-0.05, 0) is 31.2 Å². The number of para-hydroxylation sites is 1. The molecule has 0 bridgehead atoms. The quantitative estimate of drug-likeness (QED) is 0.881. The number of amidine groups is 1. The number of benzene rings is 2. The number of anilines is 1. The lowest BCUT2D eigenvalue weighted by Crippen LogP contribution is -2.28. The molecule has 2 aromatic carbocycles. The molecule has 2 aromatic rings. The van der Waals surface area contributed by atoms with Crippen LogP contribution in [0.4, 0.5) is 15.8 Å². The first-order chi connectivity index (χ1) is 12.0. The molecule has 1 aliphatic rings. The summed E-state index contributed by atoms with van der Waals surface area (Å²) >= 11 is 1.20. The lowest BCUT2D eigenvalue weighted by molar-refractivity contribution is -0.122. The second-order valence-electron chi connectivity index (χ2n) is 5.58. The summed E-state index contributed by atoms with van der Waals surface area (Å²) in [5.74, 6) is -1.21. The molecule has 1 saturated heterocycles. The van der Waals surface area contributed by atoms with Crippen LogP contribution in [-0.4, -0.2) is 22.2 Å². The number of carbonyl (C=O) groups excluding carboxylic acids is 2. The third-order valence-corrected chi connectivity index (χ3v) is 4.64. The van der Waals surface area contributed by atoms with E-state index in [1.54, 1.807) is 12.1 Å². The van der Waals surface area contributed by atoms with Gasteiger partial charge in [0.1, 0.15) is 11.1 Å². The number of halogens is 1. The Bertz CT molecular complexity index is 836. The number of nitrogens with zero attached hydrogens (tertiary/aromatic N) is 1. The largest absolute Gasteiger partial charge is 0.324 e. The highest BCUT2D eigenvalue weighted by molar-refractivity contribution is 8.15. The van der Waals surface area contributed by atoms with Crippen LogP contribution in [0, 0.1) is 12.7 Å². The van der Waals surface area contributed by atoms with Crippen LogP contribution in [0.25, 0.3) is 0 Å². The van der Waals surface area contributed by atoms with Gasteiger partial charge < -0.3 is 10.6 Å². The second-order valence-corrected chi connectivity index (χ2v) is 6.77. The van der Waals surface area contributed by atoms with Crippen molar-refractivity contribution < 1.29 is 14.0 Å². The molecule has 3 rings (SSSR count). The molecule has 1 unspecified atom stereocenters. The highest BCUT2D eigenvalue weighted by atomic mass is 32.2. The Balaban J connectivity index is 1.62. The zero-order valence-corrected chi connectivity index (χ0v) is 14.3. The van der Waals surface area contributed by atoms with Crippen LogP contribution in [0.2, 0.25) is 0 Å². The Morgan fingerprint density at radius 1 is 1.24 bits per heavy atom. The second kappa shape index (κ2) is 7.48. The van der Waals surface area contributed by atoms with Crippen molar-refractivity contribution in [2.24, 2.45) is 4.99 Å². The van der Waals surface area contributed by atoms with E-state index in [4.69, 9.17) is 0 Å². The van der Waals surface area contributed by atoms with Crippen molar-refractivity contribution in [2.75, 3.05) is 5.32 Å². The molecule has 25 heavy (non-hydrogen) atoms. The predicted molar refractivity (Wildman–Crippen MR) is 97.4 cm³/mol. The van der Waals surface area contributed by atoms with Gasteiger partial charge in [-0.25, -0.2) is 9.38 Å². The van der Waals surface area contributed by atoms with Gasteiger partial charge in [-0.1, -0.05) is 41.6 Å². The van der Waals surface area contributed by atoms with E-state index in [2.05, 4.69) is 15.6 Å². The van der Waals surface area contributed by atoms with Crippen LogP contribution in [0.1, 0.15) is 12.0 Å². The number of thioether (sulfide) groups is 1. The number of rotatable bonds is 4. The van der Waals surface area contributed by atoms with E-state index in [1.807, 2.05) is 31.2 Å². The van der Waals surface area contributed by atoms with Gasteiger partial charge in [0.25, 0.3) is 0 Å². The third-order valence-electron chi connectivity index (χ3n) is 3.56. The van der Waals surface area contributed by atoms with E-state index in [0.717, 1.165) is 11.3 Å². The number of aryl methyl sites for hydroxylation is 1. The molecule has 2 N–H and O–H groups in total. The molecule has 0 radical (unpaired) electrons. The molecule has 0 spiro atoms. The third kappa shape index (κ3) is 4.45. The van der Waals surface area contributed by atoms with Crippen molar-refractivity contribution in [3.05, 3.63) is 59.9 Å². The van der Waals surface area contributed by atoms with Gasteiger partial charge in [-0.15, -0.1) is 0 Å². The molecule has 0 saturated carbocycles. The number of carbonyl (C=O) groups is 2. The van der Waals surface area contributed by atoms with Gasteiger partial charge in [0.15, 0.2) is 5.17 Å². The standard InChI is InChI=1S/C18H16FN3O2S/c1-11-6-8-12(9-7-11)20-18-22-17(24)15(25-18)10-16(23)21-14-5-3-2-4-13(14)19/h2-9,15H,10H2,1H3,(H,21,23)(H,20,22,24). The van der Waals surface area contributed by atoms with Crippen LogP contribution in [0.3, 0.4) is 0 Å². The van der Waals surface area contributed by atoms with E-state index in [1.165, 1.54) is 23.9 Å². The summed E-state index contributed by atoms with van der Waals surface area (Å²) in [7, 11) is 0. The minimum absolute atomic E-state index is 0.0578. The molecule has 0 aromatic heterocycles. The molecule has 128 valence electrons. The topological polar surface area (TPSA) is 70.6 Å². The van der Waals surface area contributed by atoms with E-state index >= 15 is 0 Å². The van der Waals surface area contributed by atoms with Crippen LogP contribution in [0.5, 0.6) is 0 Å². The van der Waals surface area contributed by atoms with Crippen molar-refractivity contribution in [2.45, 2.75) is 18.6 Å². The fraction of sp³-hybridized carbons (Fsp3) is 0.167. The summed E-state index contributed by atoms with van der Waals surface area (Å²) in [6.45, 7) is 1.98. The van der Waals surface area contributed by atoms with E-state index < -0.39 is 17.0 Å². The molecule has 5 nitrogen and oxygen atoms in total. The highest BCUT2D eigenvalue weighted by Gasteiger charge is 2.32. The van der Waals surface area contributed by atoms with Gasteiger partial charge in [0.2, 0.25) is 11.8 Å². The van der Waals surface area contributed by atoms with Gasteiger partial charge in [-0.2, -0.15) is 0 Å². The van der Waals surface area contributed by atoms with Gasteiger partial charge in [-0.3, -0.25) is 9.59 Å². The molecular formula is C18H16FN3O2S. The summed E-state index contributed by atoms with van der Waals surface area (Å²) in [6.07, 6.45) is -0.0578. The Labute approximate surface area is 148 Å². The van der Waals surface area contributed by atoms with Crippen molar-refractivity contribution in [3.8, 4) is 0 Å². The Morgan fingerprint density at radius 2 is 1.96 bits per heavy atom. The molecule has 1 heterocycles. The monoisotopic (exact) mass is 357 g/mol. The minimum Gasteiger partial charge on any atom is -0.324 e. The normalized spacial score (nSPS) is 18.2. The lowest BCUT2D eigenvalue weighted by Gasteiger charge is -2.08. The molecule has 1 atom stereocenters. The Morgan fingerprint density at radius 3 is 2.68 bits per heavy atom. The SMILES string of the molecule is Cc1ccc(N=C2NC(=O)C(CC(=O)Nc3ccccc3F)S2)cc1. The Kier molecular flexibility index (Phi) is 5.14. The molecular weight excluding hydrogens is 341 g/mol. The maximum atomic E-state index is 13.6. The summed E-state index contributed by atoms with van der Waals surface area (Å²) < 4.78 is 13.6. The highest BCUT2D eigenvalue weighted by Crippen LogP contribution is 2.26. The van der Waals surface area contributed by atoms with Gasteiger partial charge in [0.05, 0.1) is 11.4 Å². The summed E-state index contributed by atoms with van der Waals surface area (Å²) in [5.41, 5.74) is 1.95. The van der Waals surface area contributed by atoms with Crippen molar-refractivity contribution in [3.63, 3.8) is 0 Å². The van der Waals surface area contributed by atoms with Crippen LogP contribution < -0.4 is 10.6 Å². The van der Waals surface area contributed by atoms with E-state index in [-0.39, 0.29) is 18.0 Å². The van der Waals surface area contributed by atoms with Crippen LogP contribution in [0.15, 0.2) is 53.5 Å². The predicted octanol–water partition coefficient (Wildman–Crippen LogP) is 3.38. The van der Waals surface area contributed by atoms with Crippen molar-refractivity contribution in [1.82, 2.24) is 5.32 Å². The van der Waals surface area contributed by atoms with Crippen LogP contribution >= 0.6 is 11.8 Å². The van der Waals surface area contributed by atoms with Crippen LogP contribution in [-0.2, 0) is 9.59 Å². The molecule has 7 heteroatoms. The number of amides is 2. The lowest BCUT2D eigenvalue weighted by atomic mass is 10.2. The fourth-order valence-electron chi connectivity index (χ4n) is 2.26. The summed E-state index contributed by atoms with van der Waals surface area (Å²) in [4.78, 5) is 28.4.